The summed E-state index contributed by atoms with van der Waals surface area (Å²) in [4.78, 5) is 43.7. The van der Waals surface area contributed by atoms with Crippen LogP contribution < -0.4 is 4.80 Å². The van der Waals surface area contributed by atoms with E-state index in [1.807, 2.05) is 23.1 Å². The van der Waals surface area contributed by atoms with E-state index in [2.05, 4.69) is 34.8 Å². The van der Waals surface area contributed by atoms with Crippen molar-refractivity contribution in [3.8, 4) is 0 Å². The van der Waals surface area contributed by atoms with Crippen LogP contribution >= 0.6 is 39.0 Å². The highest BCUT2D eigenvalue weighted by Gasteiger charge is 2.25. The lowest BCUT2D eigenvalue weighted by Crippen LogP contribution is -2.43. The highest BCUT2D eigenvalue weighted by atomic mass is 79.9. The maximum Gasteiger partial charge on any atom is 0.326 e. The number of piperidine rings is 1. The summed E-state index contributed by atoms with van der Waals surface area (Å²) in [5, 5.41) is 0. The van der Waals surface area contributed by atoms with Gasteiger partial charge in [-0.1, -0.05) is 41.1 Å². The van der Waals surface area contributed by atoms with Crippen LogP contribution in [0.15, 0.2) is 27.7 Å². The number of benzene rings is 1. The number of halogens is 1. The number of fused-ring (bicyclic) bond motifs is 1. The molecule has 3 rings (SSSR count). The van der Waals surface area contributed by atoms with E-state index < -0.39 is 0 Å². The molecule has 0 spiro atoms. The highest BCUT2D eigenvalue weighted by molar-refractivity contribution is 9.10. The van der Waals surface area contributed by atoms with E-state index in [-0.39, 0.29) is 42.4 Å². The Morgan fingerprint density at radius 1 is 1.22 bits per heavy atom. The predicted molar refractivity (Wildman–Crippen MR) is 132 cm³/mol. The van der Waals surface area contributed by atoms with Crippen LogP contribution in [0.1, 0.15) is 27.2 Å². The first-order valence-electron chi connectivity index (χ1n) is 10.6. The molecule has 10 heteroatoms. The predicted octanol–water partition coefficient (Wildman–Crippen LogP) is 3.69. The molecule has 2 amide bonds. The Hall–Kier alpha value is -1.65. The Morgan fingerprint density at radius 3 is 2.62 bits per heavy atom. The first-order valence-corrected chi connectivity index (χ1v) is 13.4. The summed E-state index contributed by atoms with van der Waals surface area (Å²) < 4.78 is 8.59. The van der Waals surface area contributed by atoms with Gasteiger partial charge in [-0.2, -0.15) is 4.99 Å². The fraction of sp³-hybridized carbons (Fsp3) is 0.545. The van der Waals surface area contributed by atoms with Gasteiger partial charge >= 0.3 is 5.97 Å². The molecule has 0 bridgehead atoms. The average Bonchev–Trinajstić information content (AvgIpc) is 3.03. The van der Waals surface area contributed by atoms with Crippen LogP contribution in [0.2, 0.25) is 0 Å². The van der Waals surface area contributed by atoms with E-state index in [9.17, 15) is 14.4 Å². The number of hydrogen-bond acceptors (Lipinski definition) is 6. The van der Waals surface area contributed by atoms with Crippen LogP contribution in [-0.4, -0.2) is 58.5 Å². The van der Waals surface area contributed by atoms with Crippen LogP contribution in [0.5, 0.6) is 0 Å². The number of rotatable bonds is 7. The van der Waals surface area contributed by atoms with E-state index in [0.29, 0.717) is 16.6 Å². The minimum Gasteiger partial charge on any atom is -0.465 e. The van der Waals surface area contributed by atoms with Crippen molar-refractivity contribution < 1.29 is 19.1 Å². The van der Waals surface area contributed by atoms with Crippen molar-refractivity contribution in [2.45, 2.75) is 33.7 Å². The van der Waals surface area contributed by atoms with Gasteiger partial charge in [0.1, 0.15) is 6.54 Å². The van der Waals surface area contributed by atoms with Gasteiger partial charge in [-0.3, -0.25) is 14.4 Å². The second-order valence-corrected chi connectivity index (χ2v) is 11.0. The molecule has 0 N–H and O–H groups in total. The van der Waals surface area contributed by atoms with Crippen molar-refractivity contribution in [1.82, 2.24) is 9.47 Å². The Morgan fingerprint density at radius 2 is 1.94 bits per heavy atom. The zero-order chi connectivity index (χ0) is 23.3. The molecule has 1 saturated heterocycles. The lowest BCUT2D eigenvalue weighted by Gasteiger charge is -2.35. The molecule has 0 saturated carbocycles. The molecule has 174 valence electrons. The number of ether oxygens (including phenoxy) is 1. The first-order chi connectivity index (χ1) is 15.3. The van der Waals surface area contributed by atoms with Crippen LogP contribution in [0, 0.1) is 11.8 Å². The average molecular weight is 543 g/mol. The molecule has 1 aromatic heterocycles. The summed E-state index contributed by atoms with van der Waals surface area (Å²) in [6.07, 6.45) is 1.14. The summed E-state index contributed by atoms with van der Waals surface area (Å²) in [6, 6.07) is 5.69. The fourth-order valence-corrected chi connectivity index (χ4v) is 6.24. The minimum atomic E-state index is -0.381. The molecule has 1 aromatic carbocycles. The number of likely N-dealkylation sites (tertiary alicyclic amines) is 1. The highest BCUT2D eigenvalue weighted by Crippen LogP contribution is 2.23. The van der Waals surface area contributed by atoms with Gasteiger partial charge < -0.3 is 14.2 Å². The van der Waals surface area contributed by atoms with E-state index in [0.717, 1.165) is 34.2 Å². The third kappa shape index (κ3) is 6.68. The summed E-state index contributed by atoms with van der Waals surface area (Å²) in [7, 11) is 0. The molecule has 0 aliphatic carbocycles. The topological polar surface area (TPSA) is 81.0 Å². The standard InChI is InChI=1S/C22H28BrN3O4S2/c1-4-30-21(29)11-26-17-6-5-16(23)8-18(17)32-22(26)24-19(27)12-31-13-20(28)25-9-14(2)7-15(3)10-25/h5-6,8,14-15H,4,7,9-13H2,1-3H3. The van der Waals surface area contributed by atoms with Gasteiger partial charge in [-0.15, -0.1) is 11.8 Å². The van der Waals surface area contributed by atoms with E-state index in [1.165, 1.54) is 23.1 Å². The summed E-state index contributed by atoms with van der Waals surface area (Å²) in [6.45, 7) is 7.93. The molecule has 1 aliphatic heterocycles. The normalized spacial score (nSPS) is 19.4. The summed E-state index contributed by atoms with van der Waals surface area (Å²) in [5.41, 5.74) is 0.814. The maximum absolute atomic E-state index is 12.5. The number of carbonyl (C=O) groups excluding carboxylic acids is 3. The Balaban J connectivity index is 1.68. The molecule has 7 nitrogen and oxygen atoms in total. The molecule has 0 radical (unpaired) electrons. The quantitative estimate of drug-likeness (QED) is 0.499. The monoisotopic (exact) mass is 541 g/mol. The minimum absolute atomic E-state index is 0.0153. The Bertz CT molecular complexity index is 1060. The van der Waals surface area contributed by atoms with Gasteiger partial charge in [0.05, 0.1) is 28.3 Å². The second-order valence-electron chi connectivity index (χ2n) is 8.13. The van der Waals surface area contributed by atoms with Crippen LogP contribution in [0.25, 0.3) is 10.2 Å². The van der Waals surface area contributed by atoms with E-state index in [4.69, 9.17) is 4.74 Å². The lowest BCUT2D eigenvalue weighted by atomic mass is 9.92. The van der Waals surface area contributed by atoms with Crippen molar-refractivity contribution in [3.63, 3.8) is 0 Å². The van der Waals surface area contributed by atoms with Gasteiger partial charge in [0, 0.05) is 17.6 Å². The number of thioether (sulfide) groups is 1. The van der Waals surface area contributed by atoms with Crippen molar-refractivity contribution in [2.75, 3.05) is 31.2 Å². The number of thiazole rings is 1. The van der Waals surface area contributed by atoms with E-state index in [1.54, 1.807) is 11.5 Å². The largest absolute Gasteiger partial charge is 0.465 e. The summed E-state index contributed by atoms with van der Waals surface area (Å²) in [5.74, 6) is 0.760. The number of hydrogen-bond donors (Lipinski definition) is 0. The van der Waals surface area contributed by atoms with Crippen LogP contribution in [0.4, 0.5) is 0 Å². The fourth-order valence-electron chi connectivity index (χ4n) is 3.94. The third-order valence-electron chi connectivity index (χ3n) is 5.13. The van der Waals surface area contributed by atoms with Crippen molar-refractivity contribution in [1.29, 1.82) is 0 Å². The van der Waals surface area contributed by atoms with Gasteiger partial charge in [0.25, 0.3) is 5.91 Å². The number of aromatic nitrogens is 1. The SMILES string of the molecule is CCOC(=O)Cn1c(=NC(=O)CSCC(=O)N2CC(C)CC(C)C2)sc2cc(Br)ccc21. The van der Waals surface area contributed by atoms with Crippen molar-refractivity contribution in [3.05, 3.63) is 27.5 Å². The van der Waals surface area contributed by atoms with Crippen molar-refractivity contribution in [2.24, 2.45) is 16.8 Å². The van der Waals surface area contributed by atoms with Crippen LogP contribution in [-0.2, 0) is 25.7 Å². The lowest BCUT2D eigenvalue weighted by molar-refractivity contribution is -0.143. The number of amides is 2. The molecule has 2 aromatic rings. The maximum atomic E-state index is 12.5. The molecular formula is C22H28BrN3O4S2. The summed E-state index contributed by atoms with van der Waals surface area (Å²) >= 11 is 6.08. The molecule has 2 unspecified atom stereocenters. The molecular weight excluding hydrogens is 514 g/mol. The van der Waals surface area contributed by atoms with Gasteiger partial charge in [0.15, 0.2) is 4.80 Å². The van der Waals surface area contributed by atoms with Gasteiger partial charge in [-0.25, -0.2) is 0 Å². The number of carbonyl (C=O) groups is 3. The third-order valence-corrected chi connectivity index (χ3v) is 7.57. The molecule has 1 aliphatic rings. The van der Waals surface area contributed by atoms with Crippen molar-refractivity contribution >= 4 is 67.0 Å². The van der Waals surface area contributed by atoms with Crippen LogP contribution in [0.3, 0.4) is 0 Å². The van der Waals surface area contributed by atoms with Gasteiger partial charge in [-0.05, 0) is 43.4 Å². The van der Waals surface area contributed by atoms with Gasteiger partial charge in [0.2, 0.25) is 5.91 Å². The zero-order valence-corrected chi connectivity index (χ0v) is 21.7. The zero-order valence-electron chi connectivity index (χ0n) is 18.5. The second kappa shape index (κ2) is 11.5. The van der Waals surface area contributed by atoms with E-state index >= 15 is 0 Å². The molecule has 2 atom stereocenters. The molecule has 1 fully saturated rings. The number of esters is 1. The molecule has 2 heterocycles. The smallest absolute Gasteiger partial charge is 0.326 e. The Kier molecular flexibility index (Phi) is 8.95. The Labute approximate surface area is 204 Å². The first kappa shape index (κ1) is 25.0. The number of nitrogens with zero attached hydrogens (tertiary/aromatic N) is 3. The molecule has 32 heavy (non-hydrogen) atoms.